The highest BCUT2D eigenvalue weighted by Gasteiger charge is 2.30. The largest absolute Gasteiger partial charge is 0.416 e. The molecule has 2 unspecified atom stereocenters. The van der Waals surface area contributed by atoms with Gasteiger partial charge in [0.1, 0.15) is 0 Å². The Hall–Kier alpha value is -1.07. The smallest absolute Gasteiger partial charge is 0.329 e. The molecule has 1 aromatic carbocycles. The first-order chi connectivity index (χ1) is 9.94. The van der Waals surface area contributed by atoms with Crippen LogP contribution in [0, 0.1) is 5.92 Å². The average molecular weight is 300 g/mol. The summed E-state index contributed by atoms with van der Waals surface area (Å²) < 4.78 is 37.6. The van der Waals surface area contributed by atoms with E-state index in [0.29, 0.717) is 19.1 Å². The van der Waals surface area contributed by atoms with Gasteiger partial charge in [0.15, 0.2) is 0 Å². The number of nitrogens with two attached hydrogens (primary N) is 1. The third-order valence-electron chi connectivity index (χ3n) is 4.46. The van der Waals surface area contributed by atoms with Crippen molar-refractivity contribution in [2.75, 3.05) is 13.1 Å². The summed E-state index contributed by atoms with van der Waals surface area (Å²) in [5, 5.41) is 0. The third-order valence-corrected chi connectivity index (χ3v) is 4.46. The first-order valence-corrected chi connectivity index (χ1v) is 7.54. The van der Waals surface area contributed by atoms with Crippen LogP contribution >= 0.6 is 0 Å². The lowest BCUT2D eigenvalue weighted by Gasteiger charge is -2.39. The van der Waals surface area contributed by atoms with E-state index in [2.05, 4.69) is 11.8 Å². The van der Waals surface area contributed by atoms with E-state index in [4.69, 9.17) is 5.73 Å². The summed E-state index contributed by atoms with van der Waals surface area (Å²) >= 11 is 0. The number of nitrogens with zero attached hydrogens (tertiary/aromatic N) is 1. The molecular weight excluding hydrogens is 277 g/mol. The zero-order chi connectivity index (χ0) is 15.5. The van der Waals surface area contributed by atoms with E-state index in [9.17, 15) is 13.2 Å². The number of piperidine rings is 1. The Kier molecular flexibility index (Phi) is 5.27. The fourth-order valence-electron chi connectivity index (χ4n) is 3.04. The SMILES string of the molecule is CCC1CCN(Cc2ccc(C(F)(F)F)cc2)C(CN)C1. The van der Waals surface area contributed by atoms with E-state index >= 15 is 0 Å². The Labute approximate surface area is 124 Å². The summed E-state index contributed by atoms with van der Waals surface area (Å²) in [5.74, 6) is 0.724. The Morgan fingerprint density at radius 3 is 2.43 bits per heavy atom. The van der Waals surface area contributed by atoms with Gasteiger partial charge in [-0.25, -0.2) is 0 Å². The second-order valence-corrected chi connectivity index (χ2v) is 5.85. The maximum absolute atomic E-state index is 12.5. The molecule has 2 nitrogen and oxygen atoms in total. The maximum atomic E-state index is 12.5. The molecule has 118 valence electrons. The van der Waals surface area contributed by atoms with Gasteiger partial charge in [-0.05, 0) is 43.0 Å². The molecule has 1 aromatic rings. The lowest BCUT2D eigenvalue weighted by atomic mass is 9.88. The molecule has 5 heteroatoms. The average Bonchev–Trinajstić information content (AvgIpc) is 2.47. The minimum absolute atomic E-state index is 0.339. The molecule has 21 heavy (non-hydrogen) atoms. The number of rotatable bonds is 4. The van der Waals surface area contributed by atoms with Crippen molar-refractivity contribution in [3.63, 3.8) is 0 Å². The standard InChI is InChI=1S/C16H23F3N2/c1-2-12-7-8-21(15(9-12)10-20)11-13-3-5-14(6-4-13)16(17,18)19/h3-6,12,15H,2,7-11,20H2,1H3. The van der Waals surface area contributed by atoms with E-state index in [0.717, 1.165) is 43.0 Å². The quantitative estimate of drug-likeness (QED) is 0.919. The van der Waals surface area contributed by atoms with E-state index in [-0.39, 0.29) is 0 Å². The van der Waals surface area contributed by atoms with Gasteiger partial charge in [-0.2, -0.15) is 13.2 Å². The zero-order valence-electron chi connectivity index (χ0n) is 12.4. The molecule has 1 heterocycles. The third kappa shape index (κ3) is 4.20. The number of hydrogen-bond acceptors (Lipinski definition) is 2. The van der Waals surface area contributed by atoms with Crippen LogP contribution in [0.25, 0.3) is 0 Å². The van der Waals surface area contributed by atoms with E-state index in [1.807, 2.05) is 0 Å². The molecule has 1 aliphatic heterocycles. The van der Waals surface area contributed by atoms with Crippen LogP contribution in [0.3, 0.4) is 0 Å². The molecule has 0 spiro atoms. The van der Waals surface area contributed by atoms with Gasteiger partial charge in [-0.1, -0.05) is 25.5 Å². The van der Waals surface area contributed by atoms with Gasteiger partial charge in [0, 0.05) is 19.1 Å². The highest BCUT2D eigenvalue weighted by molar-refractivity contribution is 5.24. The van der Waals surface area contributed by atoms with Crippen molar-refractivity contribution in [1.82, 2.24) is 4.90 Å². The molecule has 2 rings (SSSR count). The van der Waals surface area contributed by atoms with E-state index in [1.165, 1.54) is 6.42 Å². The van der Waals surface area contributed by atoms with Crippen molar-refractivity contribution < 1.29 is 13.2 Å². The first kappa shape index (κ1) is 16.3. The predicted molar refractivity (Wildman–Crippen MR) is 77.7 cm³/mol. The zero-order valence-corrected chi connectivity index (χ0v) is 12.4. The molecular formula is C16H23F3N2. The highest BCUT2D eigenvalue weighted by atomic mass is 19.4. The number of benzene rings is 1. The molecule has 2 N–H and O–H groups in total. The molecule has 1 saturated heterocycles. The number of halogens is 3. The summed E-state index contributed by atoms with van der Waals surface area (Å²) in [7, 11) is 0. The van der Waals surface area contributed by atoms with Gasteiger partial charge in [0.05, 0.1) is 5.56 Å². The fourth-order valence-corrected chi connectivity index (χ4v) is 3.04. The maximum Gasteiger partial charge on any atom is 0.416 e. The Morgan fingerprint density at radius 1 is 1.24 bits per heavy atom. The van der Waals surface area contributed by atoms with Gasteiger partial charge in [-0.3, -0.25) is 4.90 Å². The Balaban J connectivity index is 2.00. The molecule has 1 aliphatic rings. The molecule has 2 atom stereocenters. The number of likely N-dealkylation sites (tertiary alicyclic amines) is 1. The number of alkyl halides is 3. The van der Waals surface area contributed by atoms with Crippen LogP contribution in [0.4, 0.5) is 13.2 Å². The van der Waals surface area contributed by atoms with Crippen LogP contribution in [0.2, 0.25) is 0 Å². The van der Waals surface area contributed by atoms with Crippen LogP contribution in [0.5, 0.6) is 0 Å². The van der Waals surface area contributed by atoms with Gasteiger partial charge < -0.3 is 5.73 Å². The van der Waals surface area contributed by atoms with Crippen LogP contribution in [0.15, 0.2) is 24.3 Å². The Bertz CT molecular complexity index is 442. The van der Waals surface area contributed by atoms with Crippen molar-refractivity contribution in [3.8, 4) is 0 Å². The molecule has 0 saturated carbocycles. The normalized spacial score (nSPS) is 24.2. The van der Waals surface area contributed by atoms with Gasteiger partial charge in [-0.15, -0.1) is 0 Å². The lowest BCUT2D eigenvalue weighted by Crippen LogP contribution is -2.46. The molecule has 0 radical (unpaired) electrons. The lowest BCUT2D eigenvalue weighted by molar-refractivity contribution is -0.137. The molecule has 1 fully saturated rings. The summed E-state index contributed by atoms with van der Waals surface area (Å²) in [6.07, 6.45) is -0.857. The summed E-state index contributed by atoms with van der Waals surface area (Å²) in [6, 6.07) is 5.80. The van der Waals surface area contributed by atoms with Crippen molar-refractivity contribution in [2.45, 2.75) is 44.9 Å². The predicted octanol–water partition coefficient (Wildman–Crippen LogP) is 3.65. The second kappa shape index (κ2) is 6.79. The summed E-state index contributed by atoms with van der Waals surface area (Å²) in [6.45, 7) is 4.46. The van der Waals surface area contributed by atoms with Crippen LogP contribution in [-0.2, 0) is 12.7 Å². The van der Waals surface area contributed by atoms with Gasteiger partial charge in [0.2, 0.25) is 0 Å². The van der Waals surface area contributed by atoms with Gasteiger partial charge in [0.25, 0.3) is 0 Å². The van der Waals surface area contributed by atoms with E-state index < -0.39 is 11.7 Å². The molecule has 0 aromatic heterocycles. The van der Waals surface area contributed by atoms with Crippen LogP contribution < -0.4 is 5.73 Å². The monoisotopic (exact) mass is 300 g/mol. The number of hydrogen-bond donors (Lipinski definition) is 1. The Morgan fingerprint density at radius 2 is 1.90 bits per heavy atom. The minimum Gasteiger partial charge on any atom is -0.329 e. The van der Waals surface area contributed by atoms with Crippen molar-refractivity contribution >= 4 is 0 Å². The summed E-state index contributed by atoms with van der Waals surface area (Å²) in [4.78, 5) is 2.30. The fraction of sp³-hybridized carbons (Fsp3) is 0.625. The minimum atomic E-state index is -4.27. The first-order valence-electron chi connectivity index (χ1n) is 7.54. The van der Waals surface area contributed by atoms with Crippen molar-refractivity contribution in [3.05, 3.63) is 35.4 Å². The van der Waals surface area contributed by atoms with Crippen molar-refractivity contribution in [2.24, 2.45) is 11.7 Å². The highest BCUT2D eigenvalue weighted by Crippen LogP contribution is 2.30. The molecule has 0 bridgehead atoms. The topological polar surface area (TPSA) is 29.3 Å². The van der Waals surface area contributed by atoms with Crippen LogP contribution in [-0.4, -0.2) is 24.0 Å². The second-order valence-electron chi connectivity index (χ2n) is 5.85. The van der Waals surface area contributed by atoms with Gasteiger partial charge >= 0.3 is 6.18 Å². The molecule has 0 amide bonds. The van der Waals surface area contributed by atoms with E-state index in [1.54, 1.807) is 12.1 Å². The van der Waals surface area contributed by atoms with Crippen LogP contribution in [0.1, 0.15) is 37.3 Å². The molecule has 0 aliphatic carbocycles. The van der Waals surface area contributed by atoms with Crippen molar-refractivity contribution in [1.29, 1.82) is 0 Å². The summed E-state index contributed by atoms with van der Waals surface area (Å²) in [5.41, 5.74) is 6.18.